The average Bonchev–Trinajstić information content (AvgIpc) is 3.05. The molecule has 0 atom stereocenters. The third-order valence-corrected chi connectivity index (χ3v) is 6.81. The summed E-state index contributed by atoms with van der Waals surface area (Å²) >= 11 is 0. The van der Waals surface area contributed by atoms with Gasteiger partial charge in [0.25, 0.3) is 0 Å². The molecule has 4 heterocycles. The summed E-state index contributed by atoms with van der Waals surface area (Å²) in [6.07, 6.45) is 7.12. The number of hydrogen-bond donors (Lipinski definition) is 0. The minimum absolute atomic E-state index is 0.663. The normalized spacial score (nSPS) is 11.4. The molecule has 0 bridgehead atoms. The Morgan fingerprint density at radius 3 is 1.82 bits per heavy atom. The SMILES string of the molecule is Cc1ccc2c(c1)OCCO2.Cc1ccc2ncccc2c1.Cc1ccc2nccnc2c1.Cc1cnc2ccccc2c1. The summed E-state index contributed by atoms with van der Waals surface area (Å²) < 4.78 is 10.7. The second-order valence-corrected chi connectivity index (χ2v) is 10.6. The average molecular weight is 581 g/mol. The maximum absolute atomic E-state index is 5.38. The van der Waals surface area contributed by atoms with E-state index in [1.165, 1.54) is 33.0 Å². The van der Waals surface area contributed by atoms with Crippen molar-refractivity contribution in [1.29, 1.82) is 0 Å². The standard InChI is InChI=1S/2C10H9N.C9H8N2.C9H10O2/c1-8-4-5-10-9(7-8)3-2-6-11-10;1-8-6-9-4-2-3-5-10(9)11-7-8;2*1-7-2-3-8-9(6-7)11-5-4-10-8/h2*2-7H,1H3;2-6H,1H3;2-3,6H,4-5H2,1H3. The van der Waals surface area contributed by atoms with Crippen molar-refractivity contribution in [1.82, 2.24) is 19.9 Å². The Balaban J connectivity index is 0.000000116. The summed E-state index contributed by atoms with van der Waals surface area (Å²) in [5.74, 6) is 1.73. The van der Waals surface area contributed by atoms with Crippen molar-refractivity contribution in [2.75, 3.05) is 13.2 Å². The predicted molar refractivity (Wildman–Crippen MR) is 179 cm³/mol. The zero-order chi connectivity index (χ0) is 30.7. The van der Waals surface area contributed by atoms with Crippen LogP contribution in [0.3, 0.4) is 0 Å². The number of ether oxygens (including phenoxy) is 2. The second kappa shape index (κ2) is 14.7. The van der Waals surface area contributed by atoms with Gasteiger partial charge in [0.2, 0.25) is 0 Å². The van der Waals surface area contributed by atoms with E-state index in [4.69, 9.17) is 9.47 Å². The first-order valence-corrected chi connectivity index (χ1v) is 14.6. The van der Waals surface area contributed by atoms with E-state index < -0.39 is 0 Å². The molecule has 0 fully saturated rings. The quantitative estimate of drug-likeness (QED) is 0.179. The molecule has 0 amide bonds. The molecule has 6 heteroatoms. The second-order valence-electron chi connectivity index (χ2n) is 10.6. The Hall–Kier alpha value is -5.36. The molecule has 0 saturated heterocycles. The van der Waals surface area contributed by atoms with Crippen LogP contribution in [0, 0.1) is 27.7 Å². The van der Waals surface area contributed by atoms with Crippen molar-refractivity contribution >= 4 is 32.8 Å². The first-order chi connectivity index (χ1) is 21.4. The Morgan fingerprint density at radius 2 is 1.00 bits per heavy atom. The van der Waals surface area contributed by atoms with Gasteiger partial charge in [-0.1, -0.05) is 48.0 Å². The molecule has 3 aromatic heterocycles. The molecule has 0 radical (unpaired) electrons. The van der Waals surface area contributed by atoms with Crippen molar-refractivity contribution in [3.05, 3.63) is 144 Å². The molecular formula is C38H36N4O2. The van der Waals surface area contributed by atoms with E-state index in [9.17, 15) is 0 Å². The molecule has 0 aliphatic carbocycles. The van der Waals surface area contributed by atoms with Crippen LogP contribution in [0.1, 0.15) is 22.3 Å². The lowest BCUT2D eigenvalue weighted by molar-refractivity contribution is 0.171. The molecular weight excluding hydrogens is 544 g/mol. The molecule has 0 N–H and O–H groups in total. The number of aryl methyl sites for hydroxylation is 4. The highest BCUT2D eigenvalue weighted by Crippen LogP contribution is 2.30. The number of nitrogens with zero attached hydrogens (tertiary/aromatic N) is 4. The smallest absolute Gasteiger partial charge is 0.161 e. The number of fused-ring (bicyclic) bond motifs is 4. The minimum Gasteiger partial charge on any atom is -0.486 e. The van der Waals surface area contributed by atoms with Crippen LogP contribution in [0.2, 0.25) is 0 Å². The molecule has 1 aliphatic rings. The van der Waals surface area contributed by atoms with E-state index in [0.29, 0.717) is 13.2 Å². The third kappa shape index (κ3) is 8.35. The highest BCUT2D eigenvalue weighted by atomic mass is 16.6. The molecule has 0 saturated carbocycles. The zero-order valence-electron chi connectivity index (χ0n) is 25.6. The van der Waals surface area contributed by atoms with Gasteiger partial charge in [0.1, 0.15) is 13.2 Å². The highest BCUT2D eigenvalue weighted by Gasteiger charge is 2.09. The number of rotatable bonds is 0. The lowest BCUT2D eigenvalue weighted by Crippen LogP contribution is -2.15. The van der Waals surface area contributed by atoms with E-state index in [0.717, 1.165) is 33.6 Å². The van der Waals surface area contributed by atoms with E-state index in [-0.39, 0.29) is 0 Å². The molecule has 8 rings (SSSR count). The van der Waals surface area contributed by atoms with Crippen LogP contribution in [0.5, 0.6) is 11.5 Å². The van der Waals surface area contributed by atoms with Crippen LogP contribution in [0.25, 0.3) is 32.8 Å². The number of para-hydroxylation sites is 1. The maximum atomic E-state index is 5.38. The monoisotopic (exact) mass is 580 g/mol. The molecule has 6 nitrogen and oxygen atoms in total. The third-order valence-electron chi connectivity index (χ3n) is 6.81. The fourth-order valence-corrected chi connectivity index (χ4v) is 4.60. The number of pyridine rings is 2. The van der Waals surface area contributed by atoms with Crippen molar-refractivity contribution in [3.63, 3.8) is 0 Å². The van der Waals surface area contributed by atoms with Gasteiger partial charge in [0.05, 0.1) is 22.1 Å². The van der Waals surface area contributed by atoms with Crippen molar-refractivity contribution in [2.45, 2.75) is 27.7 Å². The van der Waals surface area contributed by atoms with Gasteiger partial charge < -0.3 is 9.47 Å². The van der Waals surface area contributed by atoms with Crippen molar-refractivity contribution in [2.24, 2.45) is 0 Å². The van der Waals surface area contributed by atoms with Crippen LogP contribution in [0.4, 0.5) is 0 Å². The molecule has 0 spiro atoms. The molecule has 7 aromatic rings. The van der Waals surface area contributed by atoms with Gasteiger partial charge in [-0.05, 0) is 99.0 Å². The molecule has 0 unspecified atom stereocenters. The first-order valence-electron chi connectivity index (χ1n) is 14.6. The van der Waals surface area contributed by atoms with Gasteiger partial charge in [-0.25, -0.2) is 0 Å². The Labute approximate surface area is 258 Å². The maximum Gasteiger partial charge on any atom is 0.161 e. The summed E-state index contributed by atoms with van der Waals surface area (Å²) in [4.78, 5) is 16.8. The molecule has 1 aliphatic heterocycles. The van der Waals surface area contributed by atoms with E-state index in [1.807, 2.05) is 93.0 Å². The van der Waals surface area contributed by atoms with Gasteiger partial charge in [-0.15, -0.1) is 0 Å². The summed E-state index contributed by atoms with van der Waals surface area (Å²) in [5.41, 5.74) is 8.98. The molecule has 4 aromatic carbocycles. The Morgan fingerprint density at radius 1 is 0.432 bits per heavy atom. The highest BCUT2D eigenvalue weighted by molar-refractivity contribution is 5.79. The van der Waals surface area contributed by atoms with E-state index in [1.54, 1.807) is 12.4 Å². The van der Waals surface area contributed by atoms with Crippen molar-refractivity contribution in [3.8, 4) is 11.5 Å². The summed E-state index contributed by atoms with van der Waals surface area (Å²) in [6.45, 7) is 9.56. The fraction of sp³-hybridized carbons (Fsp3) is 0.158. The van der Waals surface area contributed by atoms with Crippen LogP contribution in [0.15, 0.2) is 122 Å². The van der Waals surface area contributed by atoms with Gasteiger partial charge in [-0.3, -0.25) is 19.9 Å². The van der Waals surface area contributed by atoms with Crippen molar-refractivity contribution < 1.29 is 9.47 Å². The molecule has 220 valence electrons. The van der Waals surface area contributed by atoms with Crippen LogP contribution in [-0.4, -0.2) is 33.1 Å². The number of aromatic nitrogens is 4. The summed E-state index contributed by atoms with van der Waals surface area (Å²) in [5, 5.41) is 2.43. The van der Waals surface area contributed by atoms with E-state index >= 15 is 0 Å². The summed E-state index contributed by atoms with van der Waals surface area (Å²) in [7, 11) is 0. The predicted octanol–water partition coefficient (Wildman–Crippen LogP) is 8.79. The lowest BCUT2D eigenvalue weighted by Gasteiger charge is -2.18. The van der Waals surface area contributed by atoms with Crippen LogP contribution in [-0.2, 0) is 0 Å². The largest absolute Gasteiger partial charge is 0.486 e. The Kier molecular flexibility index (Phi) is 10.1. The minimum atomic E-state index is 0.663. The van der Waals surface area contributed by atoms with Crippen LogP contribution >= 0.6 is 0 Å². The fourth-order valence-electron chi connectivity index (χ4n) is 4.60. The van der Waals surface area contributed by atoms with E-state index in [2.05, 4.69) is 64.1 Å². The number of hydrogen-bond acceptors (Lipinski definition) is 6. The first kappa shape index (κ1) is 30.1. The molecule has 44 heavy (non-hydrogen) atoms. The van der Waals surface area contributed by atoms with Gasteiger partial charge in [-0.2, -0.15) is 0 Å². The van der Waals surface area contributed by atoms with Gasteiger partial charge in [0, 0.05) is 35.6 Å². The summed E-state index contributed by atoms with van der Waals surface area (Å²) in [6, 6.07) is 32.6. The number of benzene rings is 4. The Bertz CT molecular complexity index is 1810. The zero-order valence-corrected chi connectivity index (χ0v) is 25.6. The van der Waals surface area contributed by atoms with Gasteiger partial charge >= 0.3 is 0 Å². The van der Waals surface area contributed by atoms with Gasteiger partial charge in [0.15, 0.2) is 11.5 Å². The topological polar surface area (TPSA) is 70.0 Å². The lowest BCUT2D eigenvalue weighted by atomic mass is 10.1. The van der Waals surface area contributed by atoms with Crippen LogP contribution < -0.4 is 9.47 Å².